The largest absolute Gasteiger partial charge is 0.233 e. The fourth-order valence-electron chi connectivity index (χ4n) is 11.0. The Balaban J connectivity index is 1.14. The van der Waals surface area contributed by atoms with Gasteiger partial charge in [0.15, 0.2) is 5.82 Å². The standard InChI is InChI=1S/C50H40N2/c1-2-15-36-40-28-32-18-6-7-20-34(32)42(40)30-45-47(36)38-22-9-12-26-44(38)50(45)33-19-14-24-37(41(29-33)35-21-8-11-25-43(35)50)49-51-46-27-13-10-23-39(46)48(52-49)31-16-4-3-5-17-31/h2-12,14-26,30,33,38,41,44H,13,27-29H2,1H3/b15-2-. The number of hydrogen-bond acceptors (Lipinski definition) is 2. The highest BCUT2D eigenvalue weighted by Crippen LogP contribution is 2.67. The molecule has 0 saturated heterocycles. The zero-order valence-electron chi connectivity index (χ0n) is 29.5. The molecule has 250 valence electrons. The van der Waals surface area contributed by atoms with Gasteiger partial charge < -0.3 is 0 Å². The van der Waals surface area contributed by atoms with Crippen LogP contribution in [0.4, 0.5) is 0 Å². The van der Waals surface area contributed by atoms with Gasteiger partial charge in [-0.1, -0.05) is 146 Å². The smallest absolute Gasteiger partial charge is 0.156 e. The van der Waals surface area contributed by atoms with Crippen molar-refractivity contribution in [3.05, 3.63) is 196 Å². The van der Waals surface area contributed by atoms with Gasteiger partial charge >= 0.3 is 0 Å². The highest BCUT2D eigenvalue weighted by Gasteiger charge is 2.59. The van der Waals surface area contributed by atoms with E-state index in [2.05, 4.69) is 159 Å². The minimum absolute atomic E-state index is 0.193. The van der Waals surface area contributed by atoms with Gasteiger partial charge in [-0.2, -0.15) is 0 Å². The van der Waals surface area contributed by atoms with E-state index in [4.69, 9.17) is 9.97 Å². The maximum Gasteiger partial charge on any atom is 0.156 e. The predicted molar refractivity (Wildman–Crippen MR) is 214 cm³/mol. The Hall–Kier alpha value is -5.60. The first-order valence-electron chi connectivity index (χ1n) is 19.1. The summed E-state index contributed by atoms with van der Waals surface area (Å²) in [6.45, 7) is 2.18. The van der Waals surface area contributed by atoms with Crippen LogP contribution in [0.15, 0.2) is 140 Å². The van der Waals surface area contributed by atoms with E-state index in [-0.39, 0.29) is 11.3 Å². The van der Waals surface area contributed by atoms with Crippen LogP contribution >= 0.6 is 0 Å². The number of allylic oxidation sites excluding steroid dienone is 10. The lowest BCUT2D eigenvalue weighted by Gasteiger charge is -2.49. The molecule has 0 aliphatic heterocycles. The van der Waals surface area contributed by atoms with Crippen molar-refractivity contribution in [3.63, 3.8) is 0 Å². The Morgan fingerprint density at radius 1 is 0.808 bits per heavy atom. The van der Waals surface area contributed by atoms with E-state index in [1.54, 1.807) is 0 Å². The predicted octanol–water partition coefficient (Wildman–Crippen LogP) is 11.6. The summed E-state index contributed by atoms with van der Waals surface area (Å²) in [5.41, 5.74) is 18.7. The number of nitrogens with zero attached hydrogens (tertiary/aromatic N) is 2. The number of aryl methyl sites for hydroxylation is 1. The third kappa shape index (κ3) is 4.07. The molecule has 1 heterocycles. The average Bonchev–Trinajstić information content (AvgIpc) is 3.63. The maximum atomic E-state index is 5.43. The van der Waals surface area contributed by atoms with E-state index in [0.717, 1.165) is 48.5 Å². The molecule has 1 aromatic heterocycles. The molecule has 11 rings (SSSR count). The molecule has 1 spiro atoms. The van der Waals surface area contributed by atoms with Crippen molar-refractivity contribution in [2.24, 2.45) is 11.8 Å². The first-order chi connectivity index (χ1) is 25.8. The summed E-state index contributed by atoms with van der Waals surface area (Å²) in [6, 6.07) is 31.8. The van der Waals surface area contributed by atoms with Crippen LogP contribution in [-0.2, 0) is 18.3 Å². The molecule has 2 bridgehead atoms. The van der Waals surface area contributed by atoms with Gasteiger partial charge in [-0.05, 0) is 94.7 Å². The van der Waals surface area contributed by atoms with Gasteiger partial charge in [0.1, 0.15) is 0 Å². The third-order valence-electron chi connectivity index (χ3n) is 13.0. The summed E-state index contributed by atoms with van der Waals surface area (Å²) in [5.74, 6) is 2.01. The second kappa shape index (κ2) is 11.5. The Morgan fingerprint density at radius 3 is 2.58 bits per heavy atom. The van der Waals surface area contributed by atoms with Crippen LogP contribution in [0.25, 0.3) is 40.1 Å². The molecule has 2 nitrogen and oxygen atoms in total. The van der Waals surface area contributed by atoms with E-state index in [1.165, 1.54) is 61.2 Å². The Bertz CT molecular complexity index is 2510. The molecule has 2 heteroatoms. The zero-order chi connectivity index (χ0) is 34.4. The molecule has 6 aliphatic carbocycles. The van der Waals surface area contributed by atoms with Crippen LogP contribution in [0.3, 0.4) is 0 Å². The molecule has 0 amide bonds. The van der Waals surface area contributed by atoms with Crippen molar-refractivity contribution in [1.29, 1.82) is 0 Å². The van der Waals surface area contributed by atoms with E-state index < -0.39 is 0 Å². The summed E-state index contributed by atoms with van der Waals surface area (Å²) in [5, 5.41) is 0. The molecule has 6 aliphatic rings. The Morgan fingerprint density at radius 2 is 1.65 bits per heavy atom. The number of benzene rings is 4. The molecule has 0 N–H and O–H groups in total. The van der Waals surface area contributed by atoms with E-state index >= 15 is 0 Å². The van der Waals surface area contributed by atoms with Crippen molar-refractivity contribution < 1.29 is 0 Å². The average molecular weight is 669 g/mol. The van der Waals surface area contributed by atoms with Crippen molar-refractivity contribution in [3.8, 4) is 22.4 Å². The monoisotopic (exact) mass is 668 g/mol. The van der Waals surface area contributed by atoms with Gasteiger partial charge in [-0.25, -0.2) is 9.97 Å². The van der Waals surface area contributed by atoms with E-state index in [0.29, 0.717) is 17.8 Å². The van der Waals surface area contributed by atoms with Crippen LogP contribution in [0.2, 0.25) is 0 Å². The molecular weight excluding hydrogens is 629 g/mol. The first kappa shape index (κ1) is 30.1. The van der Waals surface area contributed by atoms with Crippen molar-refractivity contribution >= 4 is 17.7 Å². The van der Waals surface area contributed by atoms with Gasteiger partial charge in [0.25, 0.3) is 0 Å². The molecule has 0 saturated carbocycles. The van der Waals surface area contributed by atoms with Crippen LogP contribution in [-0.4, -0.2) is 9.97 Å². The minimum atomic E-state index is -0.201. The topological polar surface area (TPSA) is 25.8 Å². The highest BCUT2D eigenvalue weighted by molar-refractivity contribution is 5.86. The lowest BCUT2D eigenvalue weighted by atomic mass is 9.53. The van der Waals surface area contributed by atoms with Crippen LogP contribution in [0, 0.1) is 11.8 Å². The third-order valence-corrected chi connectivity index (χ3v) is 13.0. The Kier molecular flexibility index (Phi) is 6.62. The number of fused-ring (bicyclic) bond motifs is 15. The normalized spacial score (nSPS) is 25.3. The summed E-state index contributed by atoms with van der Waals surface area (Å²) in [7, 11) is 0. The van der Waals surface area contributed by atoms with Crippen molar-refractivity contribution in [2.75, 3.05) is 0 Å². The Labute approximate surface area is 306 Å². The van der Waals surface area contributed by atoms with Crippen LogP contribution in [0.5, 0.6) is 0 Å². The van der Waals surface area contributed by atoms with Gasteiger partial charge in [-0.3, -0.25) is 0 Å². The molecule has 5 atom stereocenters. The fourth-order valence-corrected chi connectivity index (χ4v) is 11.0. The van der Waals surface area contributed by atoms with Gasteiger partial charge in [0.05, 0.1) is 11.4 Å². The van der Waals surface area contributed by atoms with Crippen molar-refractivity contribution in [2.45, 2.75) is 49.9 Å². The number of aromatic nitrogens is 2. The van der Waals surface area contributed by atoms with Gasteiger partial charge in [-0.15, -0.1) is 0 Å². The molecule has 4 aromatic carbocycles. The SMILES string of the molecule is C/C=C\c1c2c(cc3c1C1C=CC=CC1C31c3ccccc3C3CC1C=CC=C3c1nc3c(c(-c4ccccc4)n1)C=CCC3)-c1ccccc1C2. The number of hydrogen-bond donors (Lipinski definition) is 0. The molecule has 0 radical (unpaired) electrons. The summed E-state index contributed by atoms with van der Waals surface area (Å²) in [4.78, 5) is 10.8. The lowest BCUT2D eigenvalue weighted by molar-refractivity contribution is 0.264. The van der Waals surface area contributed by atoms with Crippen LogP contribution < -0.4 is 0 Å². The minimum Gasteiger partial charge on any atom is -0.233 e. The molecule has 5 aromatic rings. The maximum absolute atomic E-state index is 5.43. The van der Waals surface area contributed by atoms with Gasteiger partial charge in [0.2, 0.25) is 0 Å². The summed E-state index contributed by atoms with van der Waals surface area (Å²) >= 11 is 0. The second-order valence-electron chi connectivity index (χ2n) is 15.4. The fraction of sp³-hybridized carbons (Fsp3) is 0.200. The zero-order valence-corrected chi connectivity index (χ0v) is 29.5. The highest BCUT2D eigenvalue weighted by atomic mass is 14.9. The van der Waals surface area contributed by atoms with Crippen LogP contribution in [0.1, 0.15) is 87.6 Å². The van der Waals surface area contributed by atoms with Crippen molar-refractivity contribution in [1.82, 2.24) is 9.97 Å². The first-order valence-corrected chi connectivity index (χ1v) is 19.1. The molecule has 5 unspecified atom stereocenters. The lowest BCUT2D eigenvalue weighted by Crippen LogP contribution is -2.45. The molecule has 0 fully saturated rings. The van der Waals surface area contributed by atoms with E-state index in [9.17, 15) is 0 Å². The summed E-state index contributed by atoms with van der Waals surface area (Å²) in [6.07, 6.45) is 30.0. The number of rotatable bonds is 3. The summed E-state index contributed by atoms with van der Waals surface area (Å²) < 4.78 is 0. The van der Waals surface area contributed by atoms with Gasteiger partial charge in [0, 0.05) is 39.9 Å². The molecular formula is C50H40N2. The second-order valence-corrected chi connectivity index (χ2v) is 15.4. The quantitative estimate of drug-likeness (QED) is 0.188. The van der Waals surface area contributed by atoms with E-state index in [1.807, 2.05) is 0 Å². The molecule has 52 heavy (non-hydrogen) atoms.